The number of hydrogen-bond donors (Lipinski definition) is 0. The molecule has 20 heavy (non-hydrogen) atoms. The van der Waals surface area contributed by atoms with Crippen molar-refractivity contribution in [3.63, 3.8) is 0 Å². The Morgan fingerprint density at radius 3 is 2.75 bits per heavy atom. The number of hydrogen-bond acceptors (Lipinski definition) is 3. The van der Waals surface area contributed by atoms with Crippen molar-refractivity contribution in [1.82, 2.24) is 19.6 Å². The lowest BCUT2D eigenvalue weighted by Crippen LogP contribution is -2.25. The molecular formula is C15H14N4O. The molecule has 3 rings (SSSR count). The fraction of sp³-hybridized carbons (Fsp3) is 0.133. The Bertz CT molecular complexity index is 830. The second-order valence-electron chi connectivity index (χ2n) is 4.52. The van der Waals surface area contributed by atoms with E-state index in [9.17, 15) is 4.79 Å². The molecule has 0 aliphatic heterocycles. The van der Waals surface area contributed by atoms with Gasteiger partial charge in [-0.05, 0) is 19.1 Å². The fourth-order valence-corrected chi connectivity index (χ4v) is 2.23. The summed E-state index contributed by atoms with van der Waals surface area (Å²) in [4.78, 5) is 12.5. The van der Waals surface area contributed by atoms with Crippen molar-refractivity contribution >= 4 is 10.9 Å². The largest absolute Gasteiger partial charge is 0.293 e. The second-order valence-corrected chi connectivity index (χ2v) is 4.52. The SMILES string of the molecule is C=CCn1nc(C)c2cnn(-c3ccccc3)c2c1=O. The van der Waals surface area contributed by atoms with Gasteiger partial charge in [-0.3, -0.25) is 4.79 Å². The Hall–Kier alpha value is -2.69. The van der Waals surface area contributed by atoms with E-state index in [-0.39, 0.29) is 5.56 Å². The lowest BCUT2D eigenvalue weighted by molar-refractivity contribution is 0.647. The van der Waals surface area contributed by atoms with Gasteiger partial charge in [-0.1, -0.05) is 24.3 Å². The minimum Gasteiger partial charge on any atom is -0.265 e. The van der Waals surface area contributed by atoms with Crippen molar-refractivity contribution in [2.24, 2.45) is 0 Å². The molecule has 0 atom stereocenters. The molecule has 0 saturated heterocycles. The van der Waals surface area contributed by atoms with E-state index >= 15 is 0 Å². The number of benzene rings is 1. The van der Waals surface area contributed by atoms with Gasteiger partial charge in [0.15, 0.2) is 0 Å². The molecule has 0 aliphatic rings. The lowest BCUT2D eigenvalue weighted by atomic mass is 10.2. The van der Waals surface area contributed by atoms with E-state index in [2.05, 4.69) is 16.8 Å². The van der Waals surface area contributed by atoms with Gasteiger partial charge in [0.25, 0.3) is 5.56 Å². The van der Waals surface area contributed by atoms with Gasteiger partial charge in [0, 0.05) is 5.39 Å². The van der Waals surface area contributed by atoms with E-state index < -0.39 is 0 Å². The molecule has 2 aromatic heterocycles. The first-order chi connectivity index (χ1) is 9.72. The highest BCUT2D eigenvalue weighted by Gasteiger charge is 2.14. The van der Waals surface area contributed by atoms with Crippen LogP contribution in [0.3, 0.4) is 0 Å². The molecule has 2 heterocycles. The molecule has 0 fully saturated rings. The fourth-order valence-electron chi connectivity index (χ4n) is 2.23. The molecule has 0 spiro atoms. The highest BCUT2D eigenvalue weighted by Crippen LogP contribution is 2.16. The average Bonchev–Trinajstić information content (AvgIpc) is 2.91. The zero-order valence-electron chi connectivity index (χ0n) is 11.2. The Balaban J connectivity index is 2.36. The molecule has 3 aromatic rings. The Morgan fingerprint density at radius 1 is 1.30 bits per heavy atom. The first-order valence-corrected chi connectivity index (χ1v) is 6.34. The zero-order valence-corrected chi connectivity index (χ0v) is 11.2. The quantitative estimate of drug-likeness (QED) is 0.682. The lowest BCUT2D eigenvalue weighted by Gasteiger charge is -2.06. The van der Waals surface area contributed by atoms with Gasteiger partial charge in [0.1, 0.15) is 5.52 Å². The molecule has 0 amide bonds. The molecule has 0 aliphatic carbocycles. The maximum Gasteiger partial charge on any atom is 0.293 e. The summed E-state index contributed by atoms with van der Waals surface area (Å²) in [6.45, 7) is 5.91. The van der Waals surface area contributed by atoms with Crippen LogP contribution in [0, 0.1) is 6.92 Å². The third-order valence-electron chi connectivity index (χ3n) is 3.17. The van der Waals surface area contributed by atoms with E-state index in [1.54, 1.807) is 17.0 Å². The highest BCUT2D eigenvalue weighted by molar-refractivity contribution is 5.81. The predicted octanol–water partition coefficient (Wildman–Crippen LogP) is 2.08. The van der Waals surface area contributed by atoms with Gasteiger partial charge in [-0.25, -0.2) is 9.36 Å². The van der Waals surface area contributed by atoms with E-state index in [1.807, 2.05) is 37.3 Å². The summed E-state index contributed by atoms with van der Waals surface area (Å²) >= 11 is 0. The molecule has 0 bridgehead atoms. The summed E-state index contributed by atoms with van der Waals surface area (Å²) in [6.07, 6.45) is 3.34. The van der Waals surface area contributed by atoms with Gasteiger partial charge in [-0.15, -0.1) is 6.58 Å². The number of aromatic nitrogens is 4. The van der Waals surface area contributed by atoms with E-state index in [4.69, 9.17) is 0 Å². The van der Waals surface area contributed by atoms with Gasteiger partial charge in [0.05, 0.1) is 24.1 Å². The summed E-state index contributed by atoms with van der Waals surface area (Å²) in [7, 11) is 0. The van der Waals surface area contributed by atoms with E-state index in [0.29, 0.717) is 12.1 Å². The normalized spacial score (nSPS) is 10.8. The van der Waals surface area contributed by atoms with Crippen LogP contribution in [0.15, 0.2) is 54.0 Å². The minimum absolute atomic E-state index is 0.160. The van der Waals surface area contributed by atoms with Crippen molar-refractivity contribution in [2.75, 3.05) is 0 Å². The van der Waals surface area contributed by atoms with Crippen LogP contribution in [0.1, 0.15) is 5.69 Å². The number of fused-ring (bicyclic) bond motifs is 1. The van der Waals surface area contributed by atoms with Crippen molar-refractivity contribution < 1.29 is 0 Å². The molecule has 0 N–H and O–H groups in total. The van der Waals surface area contributed by atoms with Crippen LogP contribution >= 0.6 is 0 Å². The number of nitrogens with zero attached hydrogens (tertiary/aromatic N) is 4. The van der Waals surface area contributed by atoms with Crippen LogP contribution in [0.2, 0.25) is 0 Å². The van der Waals surface area contributed by atoms with Crippen molar-refractivity contribution in [3.8, 4) is 5.69 Å². The third-order valence-corrected chi connectivity index (χ3v) is 3.17. The minimum atomic E-state index is -0.160. The Morgan fingerprint density at radius 2 is 2.05 bits per heavy atom. The van der Waals surface area contributed by atoms with Crippen LogP contribution in [-0.4, -0.2) is 19.6 Å². The zero-order chi connectivity index (χ0) is 14.1. The van der Waals surface area contributed by atoms with Crippen LogP contribution in [0.4, 0.5) is 0 Å². The van der Waals surface area contributed by atoms with Gasteiger partial charge < -0.3 is 0 Å². The topological polar surface area (TPSA) is 52.7 Å². The first kappa shape index (κ1) is 12.3. The average molecular weight is 266 g/mol. The molecule has 0 unspecified atom stereocenters. The van der Waals surface area contributed by atoms with Crippen molar-refractivity contribution in [1.29, 1.82) is 0 Å². The van der Waals surface area contributed by atoms with Crippen LogP contribution < -0.4 is 5.56 Å². The predicted molar refractivity (Wildman–Crippen MR) is 78.1 cm³/mol. The molecule has 5 heteroatoms. The van der Waals surface area contributed by atoms with Gasteiger partial charge in [-0.2, -0.15) is 10.2 Å². The van der Waals surface area contributed by atoms with E-state index in [0.717, 1.165) is 16.8 Å². The summed E-state index contributed by atoms with van der Waals surface area (Å²) in [5, 5.41) is 9.38. The molecule has 0 saturated carbocycles. The Kier molecular flexibility index (Phi) is 2.95. The van der Waals surface area contributed by atoms with Crippen molar-refractivity contribution in [2.45, 2.75) is 13.5 Å². The molecule has 1 aromatic carbocycles. The molecular weight excluding hydrogens is 252 g/mol. The number of allylic oxidation sites excluding steroid dienone is 1. The number of aryl methyl sites for hydroxylation is 1. The molecule has 100 valence electrons. The second kappa shape index (κ2) is 4.77. The maximum absolute atomic E-state index is 12.5. The van der Waals surface area contributed by atoms with Crippen LogP contribution in [-0.2, 0) is 6.54 Å². The maximum atomic E-state index is 12.5. The smallest absolute Gasteiger partial charge is 0.265 e. The number of rotatable bonds is 3. The molecule has 0 radical (unpaired) electrons. The summed E-state index contributed by atoms with van der Waals surface area (Å²) in [5.74, 6) is 0. The van der Waals surface area contributed by atoms with Crippen molar-refractivity contribution in [3.05, 3.63) is 65.2 Å². The highest BCUT2D eigenvalue weighted by atomic mass is 16.1. The first-order valence-electron chi connectivity index (χ1n) is 6.34. The Labute approximate surface area is 115 Å². The van der Waals surface area contributed by atoms with Gasteiger partial charge >= 0.3 is 0 Å². The molecule has 5 nitrogen and oxygen atoms in total. The summed E-state index contributed by atoms with van der Waals surface area (Å²) < 4.78 is 3.07. The van der Waals surface area contributed by atoms with Crippen LogP contribution in [0.25, 0.3) is 16.6 Å². The standard InChI is InChI=1S/C15H14N4O/c1-3-9-18-15(20)14-13(11(2)17-18)10-16-19(14)12-7-5-4-6-8-12/h3-8,10H,1,9H2,2H3. The summed E-state index contributed by atoms with van der Waals surface area (Å²) in [6, 6.07) is 9.59. The summed E-state index contributed by atoms with van der Waals surface area (Å²) in [5.41, 5.74) is 2.02. The third kappa shape index (κ3) is 1.84. The van der Waals surface area contributed by atoms with Crippen LogP contribution in [0.5, 0.6) is 0 Å². The number of para-hydroxylation sites is 1. The van der Waals surface area contributed by atoms with Gasteiger partial charge in [0.2, 0.25) is 0 Å². The monoisotopic (exact) mass is 266 g/mol. The van der Waals surface area contributed by atoms with E-state index in [1.165, 1.54) is 4.68 Å².